The zero-order valence-corrected chi connectivity index (χ0v) is 13.4. The van der Waals surface area contributed by atoms with E-state index in [1.54, 1.807) is 0 Å². The van der Waals surface area contributed by atoms with E-state index in [9.17, 15) is 0 Å². The molecule has 4 heteroatoms. The van der Waals surface area contributed by atoms with E-state index in [2.05, 4.69) is 44.6 Å². The highest BCUT2D eigenvalue weighted by Gasteiger charge is 2.06. The van der Waals surface area contributed by atoms with Crippen molar-refractivity contribution >= 4 is 38.5 Å². The third-order valence-electron chi connectivity index (χ3n) is 2.49. The third kappa shape index (κ3) is 3.46. The highest BCUT2D eigenvalue weighted by molar-refractivity contribution is 14.1. The fourth-order valence-electron chi connectivity index (χ4n) is 1.60. The van der Waals surface area contributed by atoms with E-state index in [0.717, 1.165) is 26.0 Å². The smallest absolute Gasteiger partial charge is 0.141 e. The first kappa shape index (κ1) is 13.8. The van der Waals surface area contributed by atoms with Crippen LogP contribution >= 0.6 is 38.5 Å². The second-order valence-corrected chi connectivity index (χ2v) is 5.85. The summed E-state index contributed by atoms with van der Waals surface area (Å²) in [5.74, 6) is 1.69. The minimum atomic E-state index is 0.656. The minimum Gasteiger partial charge on any atom is -0.455 e. The molecule has 94 valence electrons. The summed E-state index contributed by atoms with van der Waals surface area (Å²) >= 11 is 5.79. The molecule has 0 bridgehead atoms. The molecule has 0 saturated carbocycles. The van der Waals surface area contributed by atoms with Gasteiger partial charge in [-0.15, -0.1) is 0 Å². The van der Waals surface area contributed by atoms with Crippen molar-refractivity contribution < 1.29 is 4.74 Å². The minimum absolute atomic E-state index is 0.656. The molecule has 0 spiro atoms. The number of rotatable bonds is 4. The van der Waals surface area contributed by atoms with Crippen LogP contribution in [0.5, 0.6) is 11.5 Å². The summed E-state index contributed by atoms with van der Waals surface area (Å²) in [6.45, 7) is 0.656. The summed E-state index contributed by atoms with van der Waals surface area (Å²) in [4.78, 5) is 0. The van der Waals surface area contributed by atoms with Gasteiger partial charge in [-0.1, -0.05) is 18.2 Å². The average Bonchev–Trinajstić information content (AvgIpc) is 2.35. The molecule has 0 heterocycles. The molecule has 0 aliphatic carbocycles. The quantitative estimate of drug-likeness (QED) is 0.750. The van der Waals surface area contributed by atoms with E-state index in [1.165, 1.54) is 5.56 Å². The van der Waals surface area contributed by atoms with Gasteiger partial charge in [-0.25, -0.2) is 0 Å². The summed E-state index contributed by atoms with van der Waals surface area (Å²) in [5, 5.41) is 0. The Labute approximate surface area is 129 Å². The SMILES string of the molecule is NCCc1ccc(Oc2ccccc2I)c(Br)c1. The lowest BCUT2D eigenvalue weighted by Gasteiger charge is -2.10. The molecule has 0 amide bonds. The molecular formula is C14H13BrINO. The molecule has 2 aromatic carbocycles. The molecule has 0 aliphatic rings. The summed E-state index contributed by atoms with van der Waals surface area (Å²) in [6.07, 6.45) is 0.877. The topological polar surface area (TPSA) is 35.2 Å². The van der Waals surface area contributed by atoms with Gasteiger partial charge >= 0.3 is 0 Å². The second kappa shape index (κ2) is 6.54. The number of para-hydroxylation sites is 1. The normalized spacial score (nSPS) is 10.4. The standard InChI is InChI=1S/C14H13BrINO/c15-11-9-10(7-8-17)5-6-13(11)18-14-4-2-1-3-12(14)16/h1-6,9H,7-8,17H2. The first-order chi connectivity index (χ1) is 8.70. The number of halogens is 2. The largest absolute Gasteiger partial charge is 0.455 e. The maximum Gasteiger partial charge on any atom is 0.141 e. The van der Waals surface area contributed by atoms with Crippen LogP contribution < -0.4 is 10.5 Å². The van der Waals surface area contributed by atoms with Gasteiger partial charge in [0.05, 0.1) is 8.04 Å². The number of hydrogen-bond acceptors (Lipinski definition) is 2. The highest BCUT2D eigenvalue weighted by Crippen LogP contribution is 2.32. The van der Waals surface area contributed by atoms with Gasteiger partial charge in [-0.3, -0.25) is 0 Å². The lowest BCUT2D eigenvalue weighted by atomic mass is 10.1. The Morgan fingerprint density at radius 2 is 1.89 bits per heavy atom. The van der Waals surface area contributed by atoms with Gasteiger partial charge < -0.3 is 10.5 Å². The number of benzene rings is 2. The average molecular weight is 418 g/mol. The van der Waals surface area contributed by atoms with Gasteiger partial charge in [0.15, 0.2) is 0 Å². The first-order valence-corrected chi connectivity index (χ1v) is 7.49. The molecule has 18 heavy (non-hydrogen) atoms. The Balaban J connectivity index is 2.22. The zero-order valence-electron chi connectivity index (χ0n) is 9.70. The van der Waals surface area contributed by atoms with Crippen molar-refractivity contribution in [1.29, 1.82) is 0 Å². The van der Waals surface area contributed by atoms with Crippen molar-refractivity contribution in [2.24, 2.45) is 5.73 Å². The van der Waals surface area contributed by atoms with Gasteiger partial charge in [-0.05, 0) is 81.3 Å². The monoisotopic (exact) mass is 417 g/mol. The molecule has 0 unspecified atom stereocenters. The molecular weight excluding hydrogens is 405 g/mol. The van der Waals surface area contributed by atoms with Crippen molar-refractivity contribution in [3.63, 3.8) is 0 Å². The van der Waals surface area contributed by atoms with E-state index in [0.29, 0.717) is 6.54 Å². The fourth-order valence-corrected chi connectivity index (χ4v) is 2.60. The Kier molecular flexibility index (Phi) is 5.03. The lowest BCUT2D eigenvalue weighted by molar-refractivity contribution is 0.476. The van der Waals surface area contributed by atoms with Crippen LogP contribution in [0.3, 0.4) is 0 Å². The molecule has 0 fully saturated rings. The van der Waals surface area contributed by atoms with Crippen LogP contribution in [0.4, 0.5) is 0 Å². The van der Waals surface area contributed by atoms with Gasteiger partial charge in [0.25, 0.3) is 0 Å². The van der Waals surface area contributed by atoms with Crippen LogP contribution in [-0.4, -0.2) is 6.54 Å². The van der Waals surface area contributed by atoms with Gasteiger partial charge in [0.1, 0.15) is 11.5 Å². The fraction of sp³-hybridized carbons (Fsp3) is 0.143. The summed E-state index contributed by atoms with van der Waals surface area (Å²) in [6, 6.07) is 14.0. The van der Waals surface area contributed by atoms with Crippen molar-refractivity contribution in [3.05, 3.63) is 56.1 Å². The molecule has 0 atom stereocenters. The Morgan fingerprint density at radius 1 is 1.11 bits per heavy atom. The first-order valence-electron chi connectivity index (χ1n) is 5.61. The second-order valence-electron chi connectivity index (χ2n) is 3.84. The van der Waals surface area contributed by atoms with E-state index >= 15 is 0 Å². The number of nitrogens with two attached hydrogens (primary N) is 1. The summed E-state index contributed by atoms with van der Waals surface area (Å²) in [5.41, 5.74) is 6.75. The Morgan fingerprint density at radius 3 is 2.56 bits per heavy atom. The predicted octanol–water partition coefficient (Wildman–Crippen LogP) is 4.35. The van der Waals surface area contributed by atoms with Crippen LogP contribution in [0.25, 0.3) is 0 Å². The van der Waals surface area contributed by atoms with Crippen molar-refractivity contribution in [2.75, 3.05) is 6.54 Å². The number of hydrogen-bond donors (Lipinski definition) is 1. The molecule has 0 radical (unpaired) electrons. The predicted molar refractivity (Wildman–Crippen MR) is 86.1 cm³/mol. The van der Waals surface area contributed by atoms with Crippen LogP contribution in [-0.2, 0) is 6.42 Å². The van der Waals surface area contributed by atoms with Gasteiger partial charge in [0, 0.05) is 0 Å². The van der Waals surface area contributed by atoms with Crippen LogP contribution in [0.2, 0.25) is 0 Å². The molecule has 2 rings (SSSR count). The molecule has 2 aromatic rings. The van der Waals surface area contributed by atoms with Crippen molar-refractivity contribution in [3.8, 4) is 11.5 Å². The van der Waals surface area contributed by atoms with E-state index in [4.69, 9.17) is 10.5 Å². The van der Waals surface area contributed by atoms with E-state index in [1.807, 2.05) is 36.4 Å². The third-order valence-corrected chi connectivity index (χ3v) is 4.00. The lowest BCUT2D eigenvalue weighted by Crippen LogP contribution is -2.02. The molecule has 0 aliphatic heterocycles. The van der Waals surface area contributed by atoms with Gasteiger partial charge in [0.2, 0.25) is 0 Å². The van der Waals surface area contributed by atoms with E-state index in [-0.39, 0.29) is 0 Å². The summed E-state index contributed by atoms with van der Waals surface area (Å²) < 4.78 is 7.93. The van der Waals surface area contributed by atoms with E-state index < -0.39 is 0 Å². The van der Waals surface area contributed by atoms with Crippen LogP contribution in [0.1, 0.15) is 5.56 Å². The highest BCUT2D eigenvalue weighted by atomic mass is 127. The maximum absolute atomic E-state index is 5.89. The molecule has 2 N–H and O–H groups in total. The Bertz CT molecular complexity index is 545. The van der Waals surface area contributed by atoms with Crippen molar-refractivity contribution in [2.45, 2.75) is 6.42 Å². The summed E-state index contributed by atoms with van der Waals surface area (Å²) in [7, 11) is 0. The Hall–Kier alpha value is -0.590. The maximum atomic E-state index is 5.89. The van der Waals surface area contributed by atoms with Gasteiger partial charge in [-0.2, -0.15) is 0 Å². The zero-order chi connectivity index (χ0) is 13.0. The molecule has 2 nitrogen and oxygen atoms in total. The molecule has 0 saturated heterocycles. The van der Waals surface area contributed by atoms with Crippen LogP contribution in [0, 0.1) is 3.57 Å². The van der Waals surface area contributed by atoms with Crippen LogP contribution in [0.15, 0.2) is 46.9 Å². The van der Waals surface area contributed by atoms with Crippen molar-refractivity contribution in [1.82, 2.24) is 0 Å². The molecule has 0 aromatic heterocycles. The number of ether oxygens (including phenoxy) is 1.